The molecule has 1 rings (SSSR count). The second-order valence-corrected chi connectivity index (χ2v) is 1.23. The van der Waals surface area contributed by atoms with Crippen molar-refractivity contribution in [2.45, 2.75) is 0 Å². The maximum Gasteiger partial charge on any atom is 0.335 e. The lowest BCUT2D eigenvalue weighted by Crippen LogP contribution is -1.88. The van der Waals surface area contributed by atoms with Crippen LogP contribution in [0.2, 0.25) is 0 Å². The second kappa shape index (κ2) is 0.733. The quantitative estimate of drug-likeness (QED) is 0.401. The highest BCUT2D eigenvalue weighted by Crippen LogP contribution is 1.68. The number of hydrogen-bond donors (Lipinski definition) is 0. The molecule has 1 aromatic rings. The van der Waals surface area contributed by atoms with Crippen molar-refractivity contribution in [2.24, 2.45) is 0 Å². The average Bonchev–Trinajstić information content (AvgIpc) is 1.94. The van der Waals surface area contributed by atoms with E-state index in [1.54, 1.807) is 0 Å². The SMILES string of the molecule is O=c1c(=O)n1Cl. The van der Waals surface area contributed by atoms with Gasteiger partial charge in [0.05, 0.1) is 0 Å². The highest BCUT2D eigenvalue weighted by atomic mass is 35.5. The van der Waals surface area contributed by atoms with Gasteiger partial charge in [-0.2, -0.15) is 4.09 Å². The van der Waals surface area contributed by atoms with E-state index < -0.39 is 11.1 Å². The van der Waals surface area contributed by atoms with Crippen LogP contribution < -0.4 is 11.1 Å². The molecule has 0 fully saturated rings. The Balaban J connectivity index is 3.48. The first-order valence-electron chi connectivity index (χ1n) is 1.27. The fourth-order valence-electron chi connectivity index (χ4n) is 0.118. The Morgan fingerprint density at radius 3 is 1.50 bits per heavy atom. The first-order chi connectivity index (χ1) is 2.73. The molecular formula is C2ClNO2. The van der Waals surface area contributed by atoms with Crippen LogP contribution in [-0.4, -0.2) is 4.09 Å². The molecule has 0 N–H and O–H groups in total. The Morgan fingerprint density at radius 1 is 1.33 bits per heavy atom. The van der Waals surface area contributed by atoms with E-state index in [0.29, 0.717) is 4.09 Å². The van der Waals surface area contributed by atoms with E-state index in [2.05, 4.69) is 0 Å². The van der Waals surface area contributed by atoms with Crippen molar-refractivity contribution in [1.29, 1.82) is 0 Å². The molecule has 1 heterocycles. The van der Waals surface area contributed by atoms with Gasteiger partial charge in [-0.1, -0.05) is 0 Å². The number of halogens is 1. The van der Waals surface area contributed by atoms with Gasteiger partial charge < -0.3 is 0 Å². The summed E-state index contributed by atoms with van der Waals surface area (Å²) >= 11 is 4.82. The maximum atomic E-state index is 9.66. The topological polar surface area (TPSA) is 39.1 Å². The molecule has 0 bridgehead atoms. The molecule has 32 valence electrons. The van der Waals surface area contributed by atoms with Crippen LogP contribution in [0.3, 0.4) is 0 Å². The van der Waals surface area contributed by atoms with Gasteiger partial charge in [0.1, 0.15) is 0 Å². The van der Waals surface area contributed by atoms with Crippen LogP contribution in [0.1, 0.15) is 0 Å². The zero-order valence-electron chi connectivity index (χ0n) is 2.64. The monoisotopic (exact) mass is 105 g/mol. The van der Waals surface area contributed by atoms with Crippen molar-refractivity contribution in [2.75, 3.05) is 0 Å². The molecule has 0 aliphatic carbocycles. The third-order valence-corrected chi connectivity index (χ3v) is 0.797. The lowest BCUT2D eigenvalue weighted by atomic mass is 11.1. The van der Waals surface area contributed by atoms with Gasteiger partial charge in [-0.3, -0.25) is 9.59 Å². The standard InChI is InChI=1S/C2ClNO2/c3-4-1(5)2(4)6. The molecule has 3 nitrogen and oxygen atoms in total. The third-order valence-electron chi connectivity index (χ3n) is 0.490. The Kier molecular flexibility index (Phi) is 0.442. The first kappa shape index (κ1) is 3.61. The summed E-state index contributed by atoms with van der Waals surface area (Å²) in [6.07, 6.45) is 0. The molecule has 0 amide bonds. The van der Waals surface area contributed by atoms with Crippen molar-refractivity contribution in [3.8, 4) is 0 Å². The van der Waals surface area contributed by atoms with E-state index in [-0.39, 0.29) is 0 Å². The fraction of sp³-hybridized carbons (Fsp3) is 0. The van der Waals surface area contributed by atoms with Gasteiger partial charge >= 0.3 is 11.1 Å². The lowest BCUT2D eigenvalue weighted by molar-refractivity contribution is 1.39. The lowest BCUT2D eigenvalue weighted by Gasteiger charge is -1.46. The van der Waals surface area contributed by atoms with E-state index in [0.717, 1.165) is 0 Å². The average molecular weight is 105 g/mol. The molecule has 0 aromatic carbocycles. The van der Waals surface area contributed by atoms with Crippen LogP contribution in [-0.2, 0) is 0 Å². The van der Waals surface area contributed by atoms with E-state index in [9.17, 15) is 9.59 Å². The zero-order valence-corrected chi connectivity index (χ0v) is 3.40. The molecule has 0 radical (unpaired) electrons. The van der Waals surface area contributed by atoms with Crippen LogP contribution in [0.25, 0.3) is 0 Å². The summed E-state index contributed by atoms with van der Waals surface area (Å²) in [6.45, 7) is 0. The minimum absolute atomic E-state index is 0.528. The van der Waals surface area contributed by atoms with Crippen LogP contribution in [0.15, 0.2) is 9.59 Å². The number of hydrogen-bond acceptors (Lipinski definition) is 2. The minimum Gasteiger partial charge on any atom is -0.261 e. The second-order valence-electron chi connectivity index (χ2n) is 0.891. The Hall–Kier alpha value is -0.570. The molecule has 0 aliphatic heterocycles. The summed E-state index contributed by atoms with van der Waals surface area (Å²) < 4.78 is 0.528. The predicted molar refractivity (Wildman–Crippen MR) is 20.6 cm³/mol. The Morgan fingerprint density at radius 2 is 1.50 bits per heavy atom. The van der Waals surface area contributed by atoms with Crippen LogP contribution in [0, 0.1) is 0 Å². The summed E-state index contributed by atoms with van der Waals surface area (Å²) in [5.74, 6) is 0. The molecular weight excluding hydrogens is 105 g/mol. The molecule has 0 atom stereocenters. The highest BCUT2D eigenvalue weighted by molar-refractivity contribution is 6.16. The van der Waals surface area contributed by atoms with E-state index >= 15 is 0 Å². The smallest absolute Gasteiger partial charge is 0.261 e. The van der Waals surface area contributed by atoms with E-state index in [1.807, 2.05) is 0 Å². The minimum atomic E-state index is -0.614. The third kappa shape index (κ3) is 0.228. The van der Waals surface area contributed by atoms with Crippen molar-refractivity contribution >= 4 is 11.8 Å². The van der Waals surface area contributed by atoms with E-state index in [4.69, 9.17) is 11.8 Å². The van der Waals surface area contributed by atoms with Crippen LogP contribution >= 0.6 is 11.8 Å². The molecule has 1 aromatic heterocycles. The number of aromatic nitrogens is 1. The first-order valence-corrected chi connectivity index (χ1v) is 1.61. The molecule has 4 heteroatoms. The van der Waals surface area contributed by atoms with Gasteiger partial charge in [0.15, 0.2) is 0 Å². The van der Waals surface area contributed by atoms with Crippen molar-refractivity contribution < 1.29 is 0 Å². The van der Waals surface area contributed by atoms with E-state index in [1.165, 1.54) is 0 Å². The molecule has 0 aliphatic rings. The molecule has 0 spiro atoms. The summed E-state index contributed by atoms with van der Waals surface area (Å²) in [5, 5.41) is 0. The molecule has 0 saturated carbocycles. The fourth-order valence-corrected chi connectivity index (χ4v) is 0.224. The van der Waals surface area contributed by atoms with Crippen LogP contribution in [0.5, 0.6) is 0 Å². The predicted octanol–water partition coefficient (Wildman–Crippen LogP) is -0.914. The number of rotatable bonds is 0. The maximum absolute atomic E-state index is 9.66. The summed E-state index contributed by atoms with van der Waals surface area (Å²) in [5.41, 5.74) is -1.23. The van der Waals surface area contributed by atoms with Gasteiger partial charge in [0.2, 0.25) is 0 Å². The van der Waals surface area contributed by atoms with Crippen molar-refractivity contribution in [3.63, 3.8) is 0 Å². The molecule has 0 unspecified atom stereocenters. The van der Waals surface area contributed by atoms with Gasteiger partial charge in [-0.15, -0.1) is 0 Å². The molecule has 0 saturated heterocycles. The highest BCUT2D eigenvalue weighted by Gasteiger charge is 2.11. The number of nitrogens with zero attached hydrogens (tertiary/aromatic N) is 1. The zero-order chi connectivity index (χ0) is 4.73. The summed E-state index contributed by atoms with van der Waals surface area (Å²) in [6, 6.07) is 0. The van der Waals surface area contributed by atoms with Gasteiger partial charge in [0.25, 0.3) is 0 Å². The van der Waals surface area contributed by atoms with Gasteiger partial charge in [0, 0.05) is 11.8 Å². The van der Waals surface area contributed by atoms with Crippen molar-refractivity contribution in [1.82, 2.24) is 4.09 Å². The summed E-state index contributed by atoms with van der Waals surface area (Å²) in [7, 11) is 0. The van der Waals surface area contributed by atoms with Crippen LogP contribution in [0.4, 0.5) is 0 Å². The van der Waals surface area contributed by atoms with Gasteiger partial charge in [-0.25, -0.2) is 0 Å². The normalized spacial score (nSPS) is 10.2. The largest absolute Gasteiger partial charge is 0.335 e. The molecule has 6 heavy (non-hydrogen) atoms. The van der Waals surface area contributed by atoms with Gasteiger partial charge in [-0.05, 0) is 0 Å². The van der Waals surface area contributed by atoms with Crippen molar-refractivity contribution in [3.05, 3.63) is 20.7 Å². The Labute approximate surface area is 37.6 Å². The Bertz CT molecular complexity index is 193. The summed E-state index contributed by atoms with van der Waals surface area (Å²) in [4.78, 5) is 19.3.